The smallest absolute Gasteiger partial charge is 0.204 e. The first-order valence-corrected chi connectivity index (χ1v) is 8.15. The lowest BCUT2D eigenvalue weighted by Crippen LogP contribution is -2.32. The zero-order valence-electron chi connectivity index (χ0n) is 12.8. The maximum atomic E-state index is 6.38. The molecule has 1 fully saturated rings. The molecule has 2 heterocycles. The van der Waals surface area contributed by atoms with Crippen molar-refractivity contribution in [3.8, 4) is 12.3 Å². The summed E-state index contributed by atoms with van der Waals surface area (Å²) in [5.41, 5.74) is 0.699. The van der Waals surface area contributed by atoms with Gasteiger partial charge in [0.1, 0.15) is 18.5 Å². The molecule has 2 unspecified atom stereocenters. The Morgan fingerprint density at radius 2 is 2.33 bits per heavy atom. The summed E-state index contributed by atoms with van der Waals surface area (Å²) >= 11 is 12.4. The summed E-state index contributed by atoms with van der Waals surface area (Å²) in [4.78, 5) is 7.31. The minimum Gasteiger partial charge on any atom is -0.366 e. The Balaban J connectivity index is 1.86. The second kappa shape index (κ2) is 7.56. The Bertz CT molecular complexity index is 730. The number of hydrogen-bond donors (Lipinski definition) is 1. The van der Waals surface area contributed by atoms with Crippen molar-refractivity contribution in [2.45, 2.75) is 18.3 Å². The van der Waals surface area contributed by atoms with Crippen molar-refractivity contribution in [3.63, 3.8) is 0 Å². The fraction of sp³-hybridized carbons (Fsp3) is 0.353. The Morgan fingerprint density at radius 3 is 3.04 bits per heavy atom. The van der Waals surface area contributed by atoms with Crippen LogP contribution in [-0.2, 0) is 26.4 Å². The van der Waals surface area contributed by atoms with Gasteiger partial charge in [-0.2, -0.15) is 0 Å². The number of halogens is 2. The highest BCUT2D eigenvalue weighted by Gasteiger charge is 2.45. The molecule has 3 rings (SSSR count). The zero-order valence-corrected chi connectivity index (χ0v) is 14.3. The molecule has 1 saturated heterocycles. The quantitative estimate of drug-likeness (QED) is 0.630. The van der Waals surface area contributed by atoms with Gasteiger partial charge in [0, 0.05) is 23.0 Å². The fourth-order valence-electron chi connectivity index (χ4n) is 2.64. The summed E-state index contributed by atoms with van der Waals surface area (Å²) in [6.45, 7) is 0.937. The molecule has 2 aromatic rings. The van der Waals surface area contributed by atoms with Gasteiger partial charge in [0.2, 0.25) is 5.79 Å². The van der Waals surface area contributed by atoms with E-state index in [1.54, 1.807) is 30.6 Å². The van der Waals surface area contributed by atoms with Crippen LogP contribution < -0.4 is 0 Å². The number of ether oxygens (including phenoxy) is 3. The van der Waals surface area contributed by atoms with Crippen LogP contribution in [0, 0.1) is 12.3 Å². The van der Waals surface area contributed by atoms with E-state index < -0.39 is 5.79 Å². The van der Waals surface area contributed by atoms with Crippen molar-refractivity contribution in [1.82, 2.24) is 9.97 Å². The molecular formula is C17H16Cl2N2O3. The van der Waals surface area contributed by atoms with E-state index >= 15 is 0 Å². The van der Waals surface area contributed by atoms with Crippen LogP contribution in [0.4, 0.5) is 0 Å². The summed E-state index contributed by atoms with van der Waals surface area (Å²) in [5.74, 6) is 2.10. The third-order valence-corrected chi connectivity index (χ3v) is 4.19. The highest BCUT2D eigenvalue weighted by atomic mass is 35.5. The lowest BCUT2D eigenvalue weighted by Gasteiger charge is -2.29. The molecule has 0 bridgehead atoms. The van der Waals surface area contributed by atoms with E-state index in [1.165, 1.54) is 0 Å². The van der Waals surface area contributed by atoms with Crippen LogP contribution in [0.3, 0.4) is 0 Å². The average molecular weight is 367 g/mol. The third kappa shape index (κ3) is 3.75. The maximum absolute atomic E-state index is 6.38. The SMILES string of the molecule is C#CCOCC1COC(Cc2ncc[nH]2)(c2ccc(Cl)cc2Cl)O1. The first-order chi connectivity index (χ1) is 11.6. The molecule has 7 heteroatoms. The van der Waals surface area contributed by atoms with Gasteiger partial charge in [-0.05, 0) is 12.1 Å². The molecule has 0 aliphatic carbocycles. The fourth-order valence-corrected chi connectivity index (χ4v) is 3.19. The first kappa shape index (κ1) is 17.3. The van der Waals surface area contributed by atoms with E-state index in [0.29, 0.717) is 35.2 Å². The number of rotatable bonds is 6. The Kier molecular flexibility index (Phi) is 5.44. The van der Waals surface area contributed by atoms with Crippen LogP contribution in [0.25, 0.3) is 0 Å². The van der Waals surface area contributed by atoms with Gasteiger partial charge in [0.05, 0.1) is 24.7 Å². The number of benzene rings is 1. The van der Waals surface area contributed by atoms with Gasteiger partial charge in [-0.1, -0.05) is 35.2 Å². The molecule has 2 atom stereocenters. The number of H-pyrrole nitrogens is 1. The van der Waals surface area contributed by atoms with Gasteiger partial charge in [0.25, 0.3) is 0 Å². The summed E-state index contributed by atoms with van der Waals surface area (Å²) in [6, 6.07) is 5.22. The summed E-state index contributed by atoms with van der Waals surface area (Å²) in [6.07, 6.45) is 8.75. The molecule has 1 aromatic carbocycles. The number of imidazole rings is 1. The molecule has 1 aliphatic rings. The van der Waals surface area contributed by atoms with Crippen LogP contribution >= 0.6 is 23.2 Å². The minimum atomic E-state index is -1.05. The normalized spacial score (nSPS) is 23.3. The van der Waals surface area contributed by atoms with Crippen molar-refractivity contribution < 1.29 is 14.2 Å². The van der Waals surface area contributed by atoms with Gasteiger partial charge in [-0.3, -0.25) is 0 Å². The van der Waals surface area contributed by atoms with Crippen molar-refractivity contribution in [3.05, 3.63) is 52.0 Å². The average Bonchev–Trinajstić information content (AvgIpc) is 3.19. The number of nitrogens with one attached hydrogen (secondary N) is 1. The van der Waals surface area contributed by atoms with E-state index in [9.17, 15) is 0 Å². The molecule has 126 valence electrons. The van der Waals surface area contributed by atoms with Crippen molar-refractivity contribution in [1.29, 1.82) is 0 Å². The largest absolute Gasteiger partial charge is 0.366 e. The monoisotopic (exact) mass is 366 g/mol. The zero-order chi connectivity index (χ0) is 17.0. The van der Waals surface area contributed by atoms with E-state index in [-0.39, 0.29) is 12.7 Å². The highest BCUT2D eigenvalue weighted by molar-refractivity contribution is 6.35. The van der Waals surface area contributed by atoms with Crippen LogP contribution in [0.5, 0.6) is 0 Å². The minimum absolute atomic E-state index is 0.229. The lowest BCUT2D eigenvalue weighted by molar-refractivity contribution is -0.181. The Hall–Kier alpha value is -1.55. The number of aromatic nitrogens is 2. The number of terminal acetylenes is 1. The molecule has 0 amide bonds. The number of nitrogens with zero attached hydrogens (tertiary/aromatic N) is 1. The van der Waals surface area contributed by atoms with E-state index in [0.717, 1.165) is 5.82 Å². The Morgan fingerprint density at radius 1 is 1.46 bits per heavy atom. The van der Waals surface area contributed by atoms with Crippen molar-refractivity contribution in [2.24, 2.45) is 0 Å². The van der Waals surface area contributed by atoms with E-state index in [1.807, 2.05) is 0 Å². The predicted octanol–water partition coefficient (Wildman–Crippen LogP) is 3.18. The number of hydrogen-bond acceptors (Lipinski definition) is 4. The highest BCUT2D eigenvalue weighted by Crippen LogP contribution is 2.41. The molecule has 1 aliphatic heterocycles. The summed E-state index contributed by atoms with van der Waals surface area (Å²) < 4.78 is 17.6. The maximum Gasteiger partial charge on any atom is 0.204 e. The molecule has 0 spiro atoms. The molecule has 24 heavy (non-hydrogen) atoms. The van der Waals surface area contributed by atoms with Gasteiger partial charge in [-0.15, -0.1) is 6.42 Å². The first-order valence-electron chi connectivity index (χ1n) is 7.40. The van der Waals surface area contributed by atoms with Gasteiger partial charge in [0.15, 0.2) is 0 Å². The Labute approximate surface area is 150 Å². The standard InChI is InChI=1S/C17H16Cl2N2O3/c1-2-7-22-10-13-11-23-17(24-13,9-16-20-5-6-21-16)14-4-3-12(18)8-15(14)19/h1,3-6,8,13H,7,9-11H2,(H,20,21). The van der Waals surface area contributed by atoms with Crippen LogP contribution in [0.2, 0.25) is 10.0 Å². The third-order valence-electron chi connectivity index (χ3n) is 3.65. The molecular weight excluding hydrogens is 351 g/mol. The molecule has 0 saturated carbocycles. The van der Waals surface area contributed by atoms with Crippen LogP contribution in [-0.4, -0.2) is 35.9 Å². The van der Waals surface area contributed by atoms with Crippen LogP contribution in [0.15, 0.2) is 30.6 Å². The molecule has 0 radical (unpaired) electrons. The van der Waals surface area contributed by atoms with Gasteiger partial charge in [-0.25, -0.2) is 4.98 Å². The van der Waals surface area contributed by atoms with Crippen LogP contribution in [0.1, 0.15) is 11.4 Å². The van der Waals surface area contributed by atoms with Gasteiger partial charge < -0.3 is 19.2 Å². The topological polar surface area (TPSA) is 56.4 Å². The summed E-state index contributed by atoms with van der Waals surface area (Å²) in [5, 5.41) is 1.02. The second-order valence-corrected chi connectivity index (χ2v) is 6.20. The van der Waals surface area contributed by atoms with E-state index in [4.69, 9.17) is 43.8 Å². The number of aromatic amines is 1. The lowest BCUT2D eigenvalue weighted by atomic mass is 10.0. The second-order valence-electron chi connectivity index (χ2n) is 5.36. The molecule has 1 aromatic heterocycles. The summed E-state index contributed by atoms with van der Waals surface area (Å²) in [7, 11) is 0. The molecule has 5 nitrogen and oxygen atoms in total. The van der Waals surface area contributed by atoms with Crippen molar-refractivity contribution in [2.75, 3.05) is 19.8 Å². The van der Waals surface area contributed by atoms with Crippen molar-refractivity contribution >= 4 is 23.2 Å². The van der Waals surface area contributed by atoms with E-state index in [2.05, 4.69) is 15.9 Å². The molecule has 1 N–H and O–H groups in total. The van der Waals surface area contributed by atoms with Gasteiger partial charge >= 0.3 is 0 Å². The predicted molar refractivity (Wildman–Crippen MR) is 90.9 cm³/mol.